The van der Waals surface area contributed by atoms with Crippen LogP contribution >= 0.6 is 0 Å². The van der Waals surface area contributed by atoms with Gasteiger partial charge in [0, 0.05) is 12.1 Å². The Balaban J connectivity index is 1.95. The summed E-state index contributed by atoms with van der Waals surface area (Å²) in [6, 6.07) is 7.86. The van der Waals surface area contributed by atoms with Crippen molar-refractivity contribution in [1.82, 2.24) is 5.32 Å². The van der Waals surface area contributed by atoms with Gasteiger partial charge in [-0.15, -0.1) is 0 Å². The minimum Gasteiger partial charge on any atom is -0.308 e. The summed E-state index contributed by atoms with van der Waals surface area (Å²) in [5, 5.41) is 3.73. The Labute approximate surface area is 106 Å². The van der Waals surface area contributed by atoms with Gasteiger partial charge in [0.15, 0.2) is 0 Å². The van der Waals surface area contributed by atoms with Crippen molar-refractivity contribution in [2.75, 3.05) is 0 Å². The van der Waals surface area contributed by atoms with Crippen molar-refractivity contribution in [2.24, 2.45) is 5.92 Å². The maximum Gasteiger partial charge on any atom is 0.0296 e. The van der Waals surface area contributed by atoms with E-state index in [2.05, 4.69) is 51.2 Å². The molecular weight excluding hydrogens is 206 g/mol. The van der Waals surface area contributed by atoms with E-state index in [0.29, 0.717) is 12.1 Å². The molecule has 1 heteroatoms. The van der Waals surface area contributed by atoms with E-state index >= 15 is 0 Å². The SMILES string of the molecule is Cc1ccc(C(C)NC(C)CC2CC2)c(C)c1. The Kier molecular flexibility index (Phi) is 3.88. The lowest BCUT2D eigenvalue weighted by molar-refractivity contribution is 0.437. The Morgan fingerprint density at radius 3 is 2.53 bits per heavy atom. The van der Waals surface area contributed by atoms with Crippen molar-refractivity contribution in [2.45, 2.75) is 59.0 Å². The predicted octanol–water partition coefficient (Wildman–Crippen LogP) is 4.14. The molecule has 2 rings (SSSR count). The van der Waals surface area contributed by atoms with Crippen LogP contribution in [0.5, 0.6) is 0 Å². The zero-order valence-electron chi connectivity index (χ0n) is 11.6. The molecule has 1 fully saturated rings. The zero-order valence-corrected chi connectivity index (χ0v) is 11.6. The van der Waals surface area contributed by atoms with Gasteiger partial charge >= 0.3 is 0 Å². The van der Waals surface area contributed by atoms with Crippen molar-refractivity contribution in [3.8, 4) is 0 Å². The summed E-state index contributed by atoms with van der Waals surface area (Å²) in [4.78, 5) is 0. The minimum atomic E-state index is 0.462. The molecule has 17 heavy (non-hydrogen) atoms. The van der Waals surface area contributed by atoms with Crippen LogP contribution < -0.4 is 5.32 Å². The largest absolute Gasteiger partial charge is 0.308 e. The van der Waals surface area contributed by atoms with E-state index in [1.807, 2.05) is 0 Å². The van der Waals surface area contributed by atoms with E-state index in [9.17, 15) is 0 Å². The van der Waals surface area contributed by atoms with Gasteiger partial charge in [-0.05, 0) is 51.2 Å². The van der Waals surface area contributed by atoms with Crippen molar-refractivity contribution in [3.05, 3.63) is 34.9 Å². The fraction of sp³-hybridized carbons (Fsp3) is 0.625. The third-order valence-corrected chi connectivity index (χ3v) is 3.81. The van der Waals surface area contributed by atoms with Crippen LogP contribution in [-0.4, -0.2) is 6.04 Å². The van der Waals surface area contributed by atoms with Gasteiger partial charge in [-0.1, -0.05) is 36.6 Å². The normalized spacial score (nSPS) is 19.1. The molecule has 1 nitrogen and oxygen atoms in total. The molecule has 0 amide bonds. The average Bonchev–Trinajstić information content (AvgIpc) is 3.00. The van der Waals surface area contributed by atoms with Crippen LogP contribution in [0.15, 0.2) is 18.2 Å². The molecule has 1 aromatic carbocycles. The van der Waals surface area contributed by atoms with Crippen molar-refractivity contribution < 1.29 is 0 Å². The first-order valence-corrected chi connectivity index (χ1v) is 6.89. The molecule has 1 aromatic rings. The molecule has 2 unspecified atom stereocenters. The van der Waals surface area contributed by atoms with Crippen LogP contribution in [0.2, 0.25) is 0 Å². The van der Waals surface area contributed by atoms with Gasteiger partial charge in [0.2, 0.25) is 0 Å². The molecule has 1 aliphatic rings. The molecule has 0 radical (unpaired) electrons. The Morgan fingerprint density at radius 2 is 1.94 bits per heavy atom. The Bertz CT molecular complexity index is 379. The number of rotatable bonds is 5. The molecule has 0 spiro atoms. The summed E-state index contributed by atoms with van der Waals surface area (Å²) in [5.41, 5.74) is 4.20. The molecule has 1 aliphatic carbocycles. The second-order valence-corrected chi connectivity index (χ2v) is 5.83. The summed E-state index contributed by atoms with van der Waals surface area (Å²) in [6.07, 6.45) is 4.24. The third kappa shape index (κ3) is 3.57. The number of nitrogens with one attached hydrogen (secondary N) is 1. The topological polar surface area (TPSA) is 12.0 Å². The van der Waals surface area contributed by atoms with Crippen LogP contribution in [0.1, 0.15) is 55.8 Å². The summed E-state index contributed by atoms with van der Waals surface area (Å²) < 4.78 is 0. The Morgan fingerprint density at radius 1 is 1.24 bits per heavy atom. The Hall–Kier alpha value is -0.820. The number of aryl methyl sites for hydroxylation is 2. The van der Waals surface area contributed by atoms with Crippen molar-refractivity contribution in [3.63, 3.8) is 0 Å². The molecular formula is C16H25N. The molecule has 0 aromatic heterocycles. The first kappa shape index (κ1) is 12.6. The van der Waals surface area contributed by atoms with Crippen LogP contribution in [0.3, 0.4) is 0 Å². The summed E-state index contributed by atoms with van der Waals surface area (Å²) in [6.45, 7) is 8.97. The monoisotopic (exact) mass is 231 g/mol. The van der Waals surface area contributed by atoms with Gasteiger partial charge in [-0.25, -0.2) is 0 Å². The standard InChI is InChI=1S/C16H25N/c1-11-5-8-16(12(2)9-11)14(4)17-13(3)10-15-6-7-15/h5,8-9,13-15,17H,6-7,10H2,1-4H3. The molecule has 0 bridgehead atoms. The molecule has 0 aliphatic heterocycles. The highest BCUT2D eigenvalue weighted by molar-refractivity contribution is 5.32. The molecule has 0 saturated heterocycles. The lowest BCUT2D eigenvalue weighted by Gasteiger charge is -2.22. The fourth-order valence-corrected chi connectivity index (χ4v) is 2.75. The van der Waals surface area contributed by atoms with Gasteiger partial charge in [0.25, 0.3) is 0 Å². The predicted molar refractivity (Wildman–Crippen MR) is 74.3 cm³/mol. The average molecular weight is 231 g/mol. The van der Waals surface area contributed by atoms with E-state index in [0.717, 1.165) is 5.92 Å². The van der Waals surface area contributed by atoms with Crippen LogP contribution in [0.4, 0.5) is 0 Å². The number of hydrogen-bond acceptors (Lipinski definition) is 1. The number of hydrogen-bond donors (Lipinski definition) is 1. The number of benzene rings is 1. The summed E-state index contributed by atoms with van der Waals surface area (Å²) in [7, 11) is 0. The second-order valence-electron chi connectivity index (χ2n) is 5.83. The van der Waals surface area contributed by atoms with Gasteiger partial charge in [0.05, 0.1) is 0 Å². The summed E-state index contributed by atoms with van der Waals surface area (Å²) in [5.74, 6) is 1.00. The zero-order chi connectivity index (χ0) is 12.4. The van der Waals surface area contributed by atoms with Gasteiger partial charge in [-0.2, -0.15) is 0 Å². The van der Waals surface area contributed by atoms with E-state index in [4.69, 9.17) is 0 Å². The smallest absolute Gasteiger partial charge is 0.0296 e. The molecule has 94 valence electrons. The van der Waals surface area contributed by atoms with E-state index in [1.54, 1.807) is 0 Å². The van der Waals surface area contributed by atoms with Gasteiger partial charge in [0.1, 0.15) is 0 Å². The lowest BCUT2D eigenvalue weighted by atomic mass is 9.99. The highest BCUT2D eigenvalue weighted by Gasteiger charge is 2.24. The molecule has 0 heterocycles. The van der Waals surface area contributed by atoms with E-state index in [-0.39, 0.29) is 0 Å². The highest BCUT2D eigenvalue weighted by Crippen LogP contribution is 2.34. The minimum absolute atomic E-state index is 0.462. The lowest BCUT2D eigenvalue weighted by Crippen LogP contribution is -2.29. The third-order valence-electron chi connectivity index (χ3n) is 3.81. The molecule has 2 atom stereocenters. The highest BCUT2D eigenvalue weighted by atomic mass is 14.9. The maximum atomic E-state index is 3.73. The maximum absolute atomic E-state index is 3.73. The van der Waals surface area contributed by atoms with Crippen LogP contribution in [-0.2, 0) is 0 Å². The van der Waals surface area contributed by atoms with Gasteiger partial charge in [-0.3, -0.25) is 0 Å². The first-order valence-electron chi connectivity index (χ1n) is 6.89. The van der Waals surface area contributed by atoms with Crippen LogP contribution in [0.25, 0.3) is 0 Å². The summed E-state index contributed by atoms with van der Waals surface area (Å²) >= 11 is 0. The van der Waals surface area contributed by atoms with Gasteiger partial charge < -0.3 is 5.32 Å². The second kappa shape index (κ2) is 5.22. The molecule has 1 N–H and O–H groups in total. The fourth-order valence-electron chi connectivity index (χ4n) is 2.75. The van der Waals surface area contributed by atoms with Crippen molar-refractivity contribution in [1.29, 1.82) is 0 Å². The van der Waals surface area contributed by atoms with Crippen molar-refractivity contribution >= 4 is 0 Å². The van der Waals surface area contributed by atoms with E-state index < -0.39 is 0 Å². The van der Waals surface area contributed by atoms with E-state index in [1.165, 1.54) is 36.0 Å². The van der Waals surface area contributed by atoms with Crippen LogP contribution in [0, 0.1) is 19.8 Å². The quantitative estimate of drug-likeness (QED) is 0.803. The molecule has 1 saturated carbocycles. The first-order chi connectivity index (χ1) is 8.06.